The molecule has 0 radical (unpaired) electrons. The summed E-state index contributed by atoms with van der Waals surface area (Å²) in [6.07, 6.45) is 0. The van der Waals surface area contributed by atoms with Crippen LogP contribution in [-0.2, 0) is 0 Å². The lowest BCUT2D eigenvalue weighted by atomic mass is 9.98. The third-order valence-corrected chi connectivity index (χ3v) is 9.57. The van der Waals surface area contributed by atoms with Gasteiger partial charge in [-0.05, 0) is 58.3 Å². The van der Waals surface area contributed by atoms with Gasteiger partial charge < -0.3 is 8.98 Å². The first-order valence-corrected chi connectivity index (χ1v) is 16.3. The minimum atomic E-state index is 0.901. The number of furan rings is 1. The van der Waals surface area contributed by atoms with E-state index < -0.39 is 0 Å². The van der Waals surface area contributed by atoms with Gasteiger partial charge in [-0.1, -0.05) is 133 Å². The molecule has 0 spiro atoms. The van der Waals surface area contributed by atoms with Crippen LogP contribution in [0.4, 0.5) is 0 Å². The molecule has 3 heterocycles. The molecule has 10 aromatic rings. The Labute approximate surface area is 277 Å². The third kappa shape index (κ3) is 4.04. The van der Waals surface area contributed by atoms with Crippen molar-refractivity contribution in [2.24, 2.45) is 0 Å². The van der Waals surface area contributed by atoms with E-state index in [1.54, 1.807) is 0 Å². The quantitative estimate of drug-likeness (QED) is 0.198. The Morgan fingerprint density at radius 3 is 1.62 bits per heavy atom. The molecule has 10 rings (SSSR count). The highest BCUT2D eigenvalue weighted by molar-refractivity contribution is 6.35. The highest BCUT2D eigenvalue weighted by Crippen LogP contribution is 2.45. The van der Waals surface area contributed by atoms with Crippen molar-refractivity contribution in [3.8, 4) is 39.3 Å². The molecule has 0 aliphatic heterocycles. The molecular weight excluding hydrogens is 585 g/mol. The second kappa shape index (κ2) is 10.5. The summed E-state index contributed by atoms with van der Waals surface area (Å²) in [6.45, 7) is 0. The Morgan fingerprint density at radius 1 is 0.417 bits per heavy atom. The van der Waals surface area contributed by atoms with Crippen LogP contribution in [0, 0.1) is 0 Å². The fourth-order valence-corrected chi connectivity index (χ4v) is 7.41. The molecule has 224 valence electrons. The van der Waals surface area contributed by atoms with Crippen molar-refractivity contribution < 1.29 is 4.42 Å². The third-order valence-electron chi connectivity index (χ3n) is 9.57. The fraction of sp³-hybridized carbons (Fsp3) is 0. The Morgan fingerprint density at radius 2 is 0.958 bits per heavy atom. The fourth-order valence-electron chi connectivity index (χ4n) is 7.41. The van der Waals surface area contributed by atoms with Crippen LogP contribution >= 0.6 is 0 Å². The Bertz CT molecular complexity index is 2750. The van der Waals surface area contributed by atoms with E-state index in [0.717, 1.165) is 72.3 Å². The van der Waals surface area contributed by atoms with Crippen molar-refractivity contribution in [2.45, 2.75) is 0 Å². The van der Waals surface area contributed by atoms with Crippen LogP contribution in [0.3, 0.4) is 0 Å². The summed E-state index contributed by atoms with van der Waals surface area (Å²) in [7, 11) is 0. The highest BCUT2D eigenvalue weighted by Gasteiger charge is 2.22. The first-order valence-electron chi connectivity index (χ1n) is 16.3. The second-order valence-corrected chi connectivity index (χ2v) is 12.3. The van der Waals surface area contributed by atoms with E-state index in [9.17, 15) is 0 Å². The second-order valence-electron chi connectivity index (χ2n) is 12.3. The topological polar surface area (TPSA) is 31.0 Å². The van der Waals surface area contributed by atoms with Crippen LogP contribution in [0.2, 0.25) is 0 Å². The molecule has 3 aromatic heterocycles. The van der Waals surface area contributed by atoms with E-state index in [-0.39, 0.29) is 0 Å². The average Bonchev–Trinajstić information content (AvgIpc) is 3.73. The van der Waals surface area contributed by atoms with Gasteiger partial charge in [0.25, 0.3) is 0 Å². The maximum atomic E-state index is 6.74. The van der Waals surface area contributed by atoms with Crippen molar-refractivity contribution in [3.05, 3.63) is 170 Å². The number of hydrogen-bond donors (Lipinski definition) is 0. The molecular formula is C45H28N2O. The number of hydrogen-bond acceptors (Lipinski definition) is 2. The minimum absolute atomic E-state index is 0.901. The molecule has 0 N–H and O–H groups in total. The number of aromatic nitrogens is 2. The number of nitrogens with zero attached hydrogens (tertiary/aromatic N) is 2. The molecule has 0 bridgehead atoms. The SMILES string of the molecule is c1ccc(-c2cc(-c3ccc(-n4c5ccccc5c5c6ccccc6c6c7ccccc7oc6c54)cc3)cc(-c3ccccc3)n2)cc1. The molecule has 0 aliphatic carbocycles. The van der Waals surface area contributed by atoms with Crippen molar-refractivity contribution in [3.63, 3.8) is 0 Å². The standard InChI is InChI=1S/C45H28N2O/c1-3-13-30(14-4-1)38-27-32(28-39(46-38)31-15-5-2-6-16-31)29-23-25-33(26-24-29)47-40-21-11-9-19-36(40)42-34-17-7-8-18-35(34)43-37-20-10-12-22-41(37)48-45(43)44(42)47/h1-28H. The minimum Gasteiger partial charge on any atom is -0.454 e. The summed E-state index contributed by atoms with van der Waals surface area (Å²) in [4.78, 5) is 5.08. The molecule has 48 heavy (non-hydrogen) atoms. The van der Waals surface area contributed by atoms with E-state index in [2.05, 4.69) is 156 Å². The maximum Gasteiger partial charge on any atom is 0.160 e. The summed E-state index contributed by atoms with van der Waals surface area (Å²) in [5.74, 6) is 0. The number of benzene rings is 7. The molecule has 7 aromatic carbocycles. The van der Waals surface area contributed by atoms with Gasteiger partial charge >= 0.3 is 0 Å². The number of pyridine rings is 1. The Hall–Kier alpha value is -6.45. The van der Waals surface area contributed by atoms with Gasteiger partial charge in [-0.15, -0.1) is 0 Å². The molecule has 0 atom stereocenters. The van der Waals surface area contributed by atoms with Gasteiger partial charge in [-0.25, -0.2) is 4.98 Å². The largest absolute Gasteiger partial charge is 0.454 e. The van der Waals surface area contributed by atoms with Crippen LogP contribution in [-0.4, -0.2) is 9.55 Å². The van der Waals surface area contributed by atoms with Gasteiger partial charge in [0, 0.05) is 38.4 Å². The summed E-state index contributed by atoms with van der Waals surface area (Å²) in [5.41, 5.74) is 11.5. The predicted octanol–water partition coefficient (Wildman–Crippen LogP) is 12.2. The van der Waals surface area contributed by atoms with Crippen LogP contribution < -0.4 is 0 Å². The predicted molar refractivity (Wildman–Crippen MR) is 200 cm³/mol. The van der Waals surface area contributed by atoms with Crippen molar-refractivity contribution in [1.82, 2.24) is 9.55 Å². The van der Waals surface area contributed by atoms with Crippen molar-refractivity contribution in [2.75, 3.05) is 0 Å². The summed E-state index contributed by atoms with van der Waals surface area (Å²) >= 11 is 0. The first kappa shape index (κ1) is 26.7. The maximum absolute atomic E-state index is 6.74. The number of rotatable bonds is 4. The van der Waals surface area contributed by atoms with E-state index in [4.69, 9.17) is 9.40 Å². The lowest BCUT2D eigenvalue weighted by Crippen LogP contribution is -1.95. The van der Waals surface area contributed by atoms with Crippen LogP contribution in [0.5, 0.6) is 0 Å². The van der Waals surface area contributed by atoms with Crippen LogP contribution in [0.15, 0.2) is 174 Å². The summed E-state index contributed by atoms with van der Waals surface area (Å²) < 4.78 is 9.12. The zero-order chi connectivity index (χ0) is 31.6. The zero-order valence-corrected chi connectivity index (χ0v) is 26.0. The van der Waals surface area contributed by atoms with Gasteiger partial charge in [0.1, 0.15) is 5.58 Å². The van der Waals surface area contributed by atoms with E-state index in [0.29, 0.717) is 0 Å². The molecule has 3 heteroatoms. The van der Waals surface area contributed by atoms with Crippen LogP contribution in [0.25, 0.3) is 93.8 Å². The molecule has 0 aliphatic rings. The Balaban J connectivity index is 1.21. The first-order chi connectivity index (χ1) is 23.8. The normalized spacial score (nSPS) is 11.8. The highest BCUT2D eigenvalue weighted by atomic mass is 16.3. The van der Waals surface area contributed by atoms with Crippen molar-refractivity contribution >= 4 is 54.5 Å². The van der Waals surface area contributed by atoms with Gasteiger partial charge in [0.15, 0.2) is 5.58 Å². The molecule has 0 fully saturated rings. The van der Waals surface area contributed by atoms with E-state index >= 15 is 0 Å². The molecule has 0 saturated carbocycles. The van der Waals surface area contributed by atoms with Gasteiger partial charge in [-0.3, -0.25) is 0 Å². The average molecular weight is 613 g/mol. The van der Waals surface area contributed by atoms with Gasteiger partial charge in [0.05, 0.1) is 22.4 Å². The lowest BCUT2D eigenvalue weighted by Gasteiger charge is -2.12. The van der Waals surface area contributed by atoms with Crippen molar-refractivity contribution in [1.29, 1.82) is 0 Å². The number of para-hydroxylation sites is 2. The lowest BCUT2D eigenvalue weighted by molar-refractivity contribution is 0.671. The smallest absolute Gasteiger partial charge is 0.160 e. The molecule has 0 saturated heterocycles. The van der Waals surface area contributed by atoms with Gasteiger partial charge in [-0.2, -0.15) is 0 Å². The molecule has 0 unspecified atom stereocenters. The van der Waals surface area contributed by atoms with E-state index in [1.807, 2.05) is 18.2 Å². The van der Waals surface area contributed by atoms with E-state index in [1.165, 1.54) is 21.5 Å². The monoisotopic (exact) mass is 612 g/mol. The Kier molecular flexibility index (Phi) is 5.87. The summed E-state index contributed by atoms with van der Waals surface area (Å²) in [6, 6.07) is 59.9. The number of fused-ring (bicyclic) bond motifs is 10. The zero-order valence-electron chi connectivity index (χ0n) is 26.0. The molecule has 0 amide bonds. The van der Waals surface area contributed by atoms with Gasteiger partial charge in [0.2, 0.25) is 0 Å². The summed E-state index contributed by atoms with van der Waals surface area (Å²) in [5, 5.41) is 7.17. The van der Waals surface area contributed by atoms with Crippen LogP contribution in [0.1, 0.15) is 0 Å². The molecule has 3 nitrogen and oxygen atoms in total.